The lowest BCUT2D eigenvalue weighted by Gasteiger charge is -2.06. The van der Waals surface area contributed by atoms with Crippen molar-refractivity contribution in [1.29, 1.82) is 0 Å². The Morgan fingerprint density at radius 2 is 1.79 bits per heavy atom. The average Bonchev–Trinajstić information content (AvgIpc) is 2.67. The molecule has 8 nitrogen and oxygen atoms in total. The normalized spacial score (nSPS) is 10.2. The van der Waals surface area contributed by atoms with Gasteiger partial charge in [0, 0.05) is 29.2 Å². The molecule has 0 saturated heterocycles. The van der Waals surface area contributed by atoms with E-state index in [4.69, 9.17) is 9.95 Å². The third-order valence-corrected chi connectivity index (χ3v) is 3.87. The molecule has 1 heterocycles. The van der Waals surface area contributed by atoms with Crippen molar-refractivity contribution in [3.63, 3.8) is 0 Å². The van der Waals surface area contributed by atoms with Crippen molar-refractivity contribution >= 4 is 11.0 Å². The maximum atomic E-state index is 12.0. The minimum Gasteiger partial charge on any atom is -0.504 e. The van der Waals surface area contributed by atoms with E-state index in [0.29, 0.717) is 23.8 Å². The second kappa shape index (κ2) is 9.34. The Bertz CT molecular complexity index is 1050. The van der Waals surface area contributed by atoms with Crippen LogP contribution in [0.1, 0.15) is 20.3 Å². The van der Waals surface area contributed by atoms with Crippen LogP contribution < -0.4 is 5.43 Å². The van der Waals surface area contributed by atoms with Crippen LogP contribution in [0, 0.1) is 5.92 Å². The molecule has 0 spiro atoms. The van der Waals surface area contributed by atoms with E-state index in [1.807, 2.05) is 6.07 Å². The third-order valence-electron chi connectivity index (χ3n) is 3.87. The van der Waals surface area contributed by atoms with Crippen LogP contribution in [-0.2, 0) is 0 Å². The number of azide groups is 1. The molecule has 0 aliphatic heterocycles. The van der Waals surface area contributed by atoms with Crippen LogP contribution >= 0.6 is 0 Å². The van der Waals surface area contributed by atoms with E-state index in [2.05, 4.69) is 23.9 Å². The van der Waals surface area contributed by atoms with Gasteiger partial charge in [-0.3, -0.25) is 4.79 Å². The van der Waals surface area contributed by atoms with Gasteiger partial charge in [0.1, 0.15) is 16.7 Å². The van der Waals surface area contributed by atoms with Crippen molar-refractivity contribution in [1.82, 2.24) is 0 Å². The average molecular weight is 383 g/mol. The molecule has 146 valence electrons. The van der Waals surface area contributed by atoms with Crippen LogP contribution in [0.15, 0.2) is 56.8 Å². The highest BCUT2D eigenvalue weighted by Gasteiger charge is 2.17. The van der Waals surface area contributed by atoms with E-state index < -0.39 is 22.7 Å². The van der Waals surface area contributed by atoms with Gasteiger partial charge >= 0.3 is 0 Å². The Morgan fingerprint density at radius 1 is 1.11 bits per heavy atom. The SMILES string of the molecule is CC(C)CCN=[N+]=[N-].O=c1cc(-c2ccccc2)oc2cc(O)c(O)c(O)c12. The second-order valence-corrected chi connectivity index (χ2v) is 6.44. The molecule has 0 atom stereocenters. The highest BCUT2D eigenvalue weighted by Crippen LogP contribution is 2.40. The first-order chi connectivity index (χ1) is 13.3. The van der Waals surface area contributed by atoms with Gasteiger partial charge in [0.25, 0.3) is 0 Å². The molecule has 28 heavy (non-hydrogen) atoms. The van der Waals surface area contributed by atoms with Gasteiger partial charge in [-0.1, -0.05) is 49.3 Å². The van der Waals surface area contributed by atoms with Gasteiger partial charge in [0.05, 0.1) is 0 Å². The molecule has 0 fully saturated rings. The van der Waals surface area contributed by atoms with Crippen LogP contribution in [0.3, 0.4) is 0 Å². The van der Waals surface area contributed by atoms with Gasteiger partial charge in [-0.25, -0.2) is 0 Å². The van der Waals surface area contributed by atoms with Crippen LogP contribution in [-0.4, -0.2) is 21.9 Å². The molecule has 0 aliphatic rings. The lowest BCUT2D eigenvalue weighted by molar-refractivity contribution is 0.370. The maximum absolute atomic E-state index is 12.0. The molecule has 0 amide bonds. The molecule has 3 N–H and O–H groups in total. The highest BCUT2D eigenvalue weighted by molar-refractivity contribution is 5.89. The zero-order chi connectivity index (χ0) is 20.7. The summed E-state index contributed by atoms with van der Waals surface area (Å²) in [4.78, 5) is 14.7. The quantitative estimate of drug-likeness (QED) is 0.254. The summed E-state index contributed by atoms with van der Waals surface area (Å²) < 4.78 is 5.51. The lowest BCUT2D eigenvalue weighted by atomic mass is 10.1. The summed E-state index contributed by atoms with van der Waals surface area (Å²) in [6, 6.07) is 11.3. The summed E-state index contributed by atoms with van der Waals surface area (Å²) in [6.45, 7) is 4.84. The number of nitrogens with zero attached hydrogens (tertiary/aromatic N) is 3. The van der Waals surface area contributed by atoms with Gasteiger partial charge < -0.3 is 19.7 Å². The molecule has 0 radical (unpaired) electrons. The zero-order valence-corrected chi connectivity index (χ0v) is 15.5. The fraction of sp³-hybridized carbons (Fsp3) is 0.250. The van der Waals surface area contributed by atoms with Crippen LogP contribution in [0.2, 0.25) is 0 Å². The molecule has 2 aromatic carbocycles. The van der Waals surface area contributed by atoms with Gasteiger partial charge in [0.2, 0.25) is 5.75 Å². The molecule has 0 aliphatic carbocycles. The number of hydrogen-bond acceptors (Lipinski definition) is 6. The molecule has 0 bridgehead atoms. The third kappa shape index (κ3) is 4.96. The number of hydrogen-bond donors (Lipinski definition) is 3. The van der Waals surface area contributed by atoms with Gasteiger partial charge in [-0.2, -0.15) is 0 Å². The Labute approximate surface area is 160 Å². The molecule has 3 rings (SSSR count). The summed E-state index contributed by atoms with van der Waals surface area (Å²) in [6.07, 6.45) is 0.990. The van der Waals surface area contributed by atoms with E-state index in [1.165, 1.54) is 6.07 Å². The molecular weight excluding hydrogens is 362 g/mol. The van der Waals surface area contributed by atoms with Crippen molar-refractivity contribution in [3.05, 3.63) is 63.1 Å². The Kier molecular flexibility index (Phi) is 6.90. The minimum atomic E-state index is -0.739. The predicted octanol–water partition coefficient (Wildman–Crippen LogP) is 4.92. The lowest BCUT2D eigenvalue weighted by Crippen LogP contribution is -2.00. The molecule has 3 aromatic rings. The van der Waals surface area contributed by atoms with Crippen molar-refractivity contribution in [2.75, 3.05) is 6.54 Å². The summed E-state index contributed by atoms with van der Waals surface area (Å²) >= 11 is 0. The monoisotopic (exact) mass is 383 g/mol. The van der Waals surface area contributed by atoms with Gasteiger partial charge in [-0.15, -0.1) is 0 Å². The molecule has 1 aromatic heterocycles. The number of fused-ring (bicyclic) bond motifs is 1. The first-order valence-corrected chi connectivity index (χ1v) is 8.63. The van der Waals surface area contributed by atoms with Crippen molar-refractivity contribution in [3.8, 4) is 28.6 Å². The smallest absolute Gasteiger partial charge is 0.201 e. The second-order valence-electron chi connectivity index (χ2n) is 6.44. The molecule has 0 saturated carbocycles. The first-order valence-electron chi connectivity index (χ1n) is 8.63. The molecule has 0 unspecified atom stereocenters. The Balaban J connectivity index is 0.000000300. The largest absolute Gasteiger partial charge is 0.504 e. The van der Waals surface area contributed by atoms with Crippen molar-refractivity contribution < 1.29 is 19.7 Å². The molecular formula is C20H21N3O5. The number of phenolic OH excluding ortho intramolecular Hbond substituents is 3. The first kappa shape index (κ1) is 20.7. The maximum Gasteiger partial charge on any atom is 0.201 e. The Morgan fingerprint density at radius 3 is 2.39 bits per heavy atom. The van der Waals surface area contributed by atoms with Crippen molar-refractivity contribution in [2.45, 2.75) is 20.3 Å². The fourth-order valence-corrected chi connectivity index (χ4v) is 2.38. The number of benzene rings is 2. The summed E-state index contributed by atoms with van der Waals surface area (Å²) in [5.41, 5.74) is 8.03. The molecule has 8 heteroatoms. The standard InChI is InChI=1S/C15H10O5.C5H11N3/c16-9-6-11(8-4-2-1-3-5-8)20-12-7-10(17)14(18)15(19)13(9)12;1-5(2)3-4-7-8-6/h1-7,17-19H;5H,3-4H2,1-2H3. The van der Waals surface area contributed by atoms with Gasteiger partial charge in [0.15, 0.2) is 16.9 Å². The zero-order valence-electron chi connectivity index (χ0n) is 15.5. The highest BCUT2D eigenvalue weighted by atomic mass is 16.3. The van der Waals surface area contributed by atoms with E-state index in [-0.39, 0.29) is 11.0 Å². The van der Waals surface area contributed by atoms with E-state index in [9.17, 15) is 20.1 Å². The van der Waals surface area contributed by atoms with E-state index >= 15 is 0 Å². The van der Waals surface area contributed by atoms with Crippen LogP contribution in [0.25, 0.3) is 32.7 Å². The van der Waals surface area contributed by atoms with Gasteiger partial charge in [-0.05, 0) is 17.9 Å². The van der Waals surface area contributed by atoms with Crippen LogP contribution in [0.4, 0.5) is 0 Å². The van der Waals surface area contributed by atoms with Crippen molar-refractivity contribution in [2.24, 2.45) is 11.0 Å². The summed E-state index contributed by atoms with van der Waals surface area (Å²) in [5, 5.41) is 31.9. The van der Waals surface area contributed by atoms with E-state index in [0.717, 1.165) is 12.5 Å². The topological polar surface area (TPSA) is 140 Å². The summed E-state index contributed by atoms with van der Waals surface area (Å²) in [5.74, 6) is -1.03. The predicted molar refractivity (Wildman–Crippen MR) is 106 cm³/mol. The minimum absolute atomic E-state index is 0.00385. The van der Waals surface area contributed by atoms with Crippen LogP contribution in [0.5, 0.6) is 17.2 Å². The van der Waals surface area contributed by atoms with E-state index in [1.54, 1.807) is 24.3 Å². The number of rotatable bonds is 4. The number of aromatic hydroxyl groups is 3. The Hall–Kier alpha value is -3.64. The number of phenols is 3. The summed E-state index contributed by atoms with van der Waals surface area (Å²) in [7, 11) is 0. The fourth-order valence-electron chi connectivity index (χ4n) is 2.38.